The van der Waals surface area contributed by atoms with Crippen molar-refractivity contribution >= 4 is 23.2 Å². The highest BCUT2D eigenvalue weighted by Crippen LogP contribution is 2.20. The van der Waals surface area contributed by atoms with Crippen molar-refractivity contribution in [2.75, 3.05) is 5.32 Å². The van der Waals surface area contributed by atoms with E-state index in [0.717, 1.165) is 0 Å². The van der Waals surface area contributed by atoms with Crippen LogP contribution in [0, 0.1) is 5.82 Å². The molecular formula is C12H8ClFN2O. The van der Waals surface area contributed by atoms with Gasteiger partial charge in [0.15, 0.2) is 0 Å². The Balaban J connectivity index is 2.22. The van der Waals surface area contributed by atoms with E-state index in [1.165, 1.54) is 42.7 Å². The fourth-order valence-corrected chi connectivity index (χ4v) is 1.46. The van der Waals surface area contributed by atoms with Gasteiger partial charge in [0.1, 0.15) is 5.82 Å². The van der Waals surface area contributed by atoms with Crippen LogP contribution in [0.25, 0.3) is 0 Å². The average Bonchev–Trinajstić information content (AvgIpc) is 2.35. The van der Waals surface area contributed by atoms with Crippen molar-refractivity contribution in [3.8, 4) is 0 Å². The summed E-state index contributed by atoms with van der Waals surface area (Å²) < 4.78 is 13.4. The molecule has 1 aromatic carbocycles. The lowest BCUT2D eigenvalue weighted by atomic mass is 10.2. The number of amides is 1. The van der Waals surface area contributed by atoms with Gasteiger partial charge >= 0.3 is 0 Å². The molecule has 0 unspecified atom stereocenters. The van der Waals surface area contributed by atoms with Crippen molar-refractivity contribution in [2.24, 2.45) is 0 Å². The number of hydrogen-bond donors (Lipinski definition) is 1. The fraction of sp³-hybridized carbons (Fsp3) is 0. The number of carbonyl (C=O) groups is 1. The molecule has 17 heavy (non-hydrogen) atoms. The molecule has 0 atom stereocenters. The fourth-order valence-electron chi connectivity index (χ4n) is 1.29. The number of nitrogens with one attached hydrogen (secondary N) is 1. The zero-order valence-corrected chi connectivity index (χ0v) is 9.41. The van der Waals surface area contributed by atoms with E-state index < -0.39 is 11.7 Å². The van der Waals surface area contributed by atoms with E-state index in [2.05, 4.69) is 10.3 Å². The van der Waals surface area contributed by atoms with Gasteiger partial charge in [-0.05, 0) is 30.3 Å². The average molecular weight is 251 g/mol. The molecule has 1 aromatic heterocycles. The first-order chi connectivity index (χ1) is 8.16. The molecule has 0 bridgehead atoms. The SMILES string of the molecule is O=C(Nc1cc(Cl)ccc1F)c1ccncc1. The molecule has 0 saturated carbocycles. The molecule has 1 N–H and O–H groups in total. The van der Waals surface area contributed by atoms with E-state index in [4.69, 9.17) is 11.6 Å². The van der Waals surface area contributed by atoms with Crippen LogP contribution in [0.15, 0.2) is 42.7 Å². The third-order valence-corrected chi connectivity index (χ3v) is 2.35. The summed E-state index contributed by atoms with van der Waals surface area (Å²) in [6, 6.07) is 7.05. The van der Waals surface area contributed by atoms with Crippen LogP contribution in [0.4, 0.5) is 10.1 Å². The maximum Gasteiger partial charge on any atom is 0.255 e. The minimum Gasteiger partial charge on any atom is -0.319 e. The Morgan fingerprint density at radius 3 is 2.65 bits per heavy atom. The molecule has 0 aliphatic heterocycles. The first kappa shape index (κ1) is 11.5. The van der Waals surface area contributed by atoms with Crippen LogP contribution in [-0.2, 0) is 0 Å². The third kappa shape index (κ3) is 2.79. The number of benzene rings is 1. The first-order valence-electron chi connectivity index (χ1n) is 4.83. The Hall–Kier alpha value is -1.94. The van der Waals surface area contributed by atoms with Crippen molar-refractivity contribution in [3.63, 3.8) is 0 Å². The zero-order chi connectivity index (χ0) is 12.3. The van der Waals surface area contributed by atoms with Gasteiger partial charge in [0.05, 0.1) is 5.69 Å². The van der Waals surface area contributed by atoms with Crippen LogP contribution in [0.3, 0.4) is 0 Å². The molecule has 0 aliphatic rings. The van der Waals surface area contributed by atoms with Gasteiger partial charge in [0, 0.05) is 23.0 Å². The van der Waals surface area contributed by atoms with Crippen molar-refractivity contribution in [1.82, 2.24) is 4.98 Å². The molecule has 2 aromatic rings. The summed E-state index contributed by atoms with van der Waals surface area (Å²) in [4.78, 5) is 15.5. The summed E-state index contributed by atoms with van der Waals surface area (Å²) in [6.45, 7) is 0. The number of pyridine rings is 1. The summed E-state index contributed by atoms with van der Waals surface area (Å²) in [5, 5.41) is 2.80. The van der Waals surface area contributed by atoms with Crippen molar-refractivity contribution in [1.29, 1.82) is 0 Å². The van der Waals surface area contributed by atoms with Crippen LogP contribution < -0.4 is 5.32 Å². The summed E-state index contributed by atoms with van der Waals surface area (Å²) >= 11 is 5.72. The highest BCUT2D eigenvalue weighted by atomic mass is 35.5. The van der Waals surface area contributed by atoms with Crippen LogP contribution in [0.5, 0.6) is 0 Å². The Kier molecular flexibility index (Phi) is 3.35. The number of hydrogen-bond acceptors (Lipinski definition) is 2. The van der Waals surface area contributed by atoms with E-state index in [0.29, 0.717) is 10.6 Å². The molecule has 2 rings (SSSR count). The van der Waals surface area contributed by atoms with Gasteiger partial charge in [-0.15, -0.1) is 0 Å². The zero-order valence-electron chi connectivity index (χ0n) is 8.65. The maximum atomic E-state index is 13.4. The van der Waals surface area contributed by atoms with Gasteiger partial charge in [0.25, 0.3) is 5.91 Å². The number of aromatic nitrogens is 1. The largest absolute Gasteiger partial charge is 0.319 e. The van der Waals surface area contributed by atoms with Crippen LogP contribution in [-0.4, -0.2) is 10.9 Å². The molecule has 0 aliphatic carbocycles. The Morgan fingerprint density at radius 2 is 1.94 bits per heavy atom. The van der Waals surface area contributed by atoms with Crippen LogP contribution in [0.2, 0.25) is 5.02 Å². The Bertz CT molecular complexity index is 545. The number of carbonyl (C=O) groups excluding carboxylic acids is 1. The Morgan fingerprint density at radius 1 is 1.24 bits per heavy atom. The molecule has 0 radical (unpaired) electrons. The van der Waals surface area contributed by atoms with Crippen molar-refractivity contribution in [3.05, 3.63) is 59.1 Å². The monoisotopic (exact) mass is 250 g/mol. The minimum absolute atomic E-state index is 0.0549. The third-order valence-electron chi connectivity index (χ3n) is 2.12. The highest BCUT2D eigenvalue weighted by Gasteiger charge is 2.09. The number of nitrogens with zero attached hydrogens (tertiary/aromatic N) is 1. The summed E-state index contributed by atoms with van der Waals surface area (Å²) in [5.41, 5.74) is 0.457. The second kappa shape index (κ2) is 4.93. The van der Waals surface area contributed by atoms with E-state index in [1.807, 2.05) is 0 Å². The van der Waals surface area contributed by atoms with E-state index >= 15 is 0 Å². The molecule has 86 valence electrons. The molecule has 5 heteroatoms. The number of halogens is 2. The van der Waals surface area contributed by atoms with E-state index in [9.17, 15) is 9.18 Å². The predicted molar refractivity (Wildman–Crippen MR) is 63.6 cm³/mol. The smallest absolute Gasteiger partial charge is 0.255 e. The maximum absolute atomic E-state index is 13.4. The van der Waals surface area contributed by atoms with E-state index in [1.54, 1.807) is 0 Å². The lowest BCUT2D eigenvalue weighted by Gasteiger charge is -2.06. The van der Waals surface area contributed by atoms with Gasteiger partial charge in [-0.1, -0.05) is 11.6 Å². The normalized spacial score (nSPS) is 10.0. The molecule has 0 fully saturated rings. The summed E-state index contributed by atoms with van der Waals surface area (Å²) in [5.74, 6) is -0.939. The van der Waals surface area contributed by atoms with Gasteiger partial charge in [-0.2, -0.15) is 0 Å². The lowest BCUT2D eigenvalue weighted by molar-refractivity contribution is 0.102. The molecule has 0 spiro atoms. The standard InChI is InChI=1S/C12H8ClFN2O/c13-9-1-2-10(14)11(7-9)16-12(17)8-3-5-15-6-4-8/h1-7H,(H,16,17). The van der Waals surface area contributed by atoms with Crippen molar-refractivity contribution in [2.45, 2.75) is 0 Å². The van der Waals surface area contributed by atoms with Crippen molar-refractivity contribution < 1.29 is 9.18 Å². The summed E-state index contributed by atoms with van der Waals surface area (Å²) in [6.07, 6.45) is 2.98. The van der Waals surface area contributed by atoms with Gasteiger partial charge in [-0.3, -0.25) is 9.78 Å². The van der Waals surface area contributed by atoms with Crippen LogP contribution in [0.1, 0.15) is 10.4 Å². The van der Waals surface area contributed by atoms with E-state index in [-0.39, 0.29) is 5.69 Å². The topological polar surface area (TPSA) is 42.0 Å². The van der Waals surface area contributed by atoms with Gasteiger partial charge in [0.2, 0.25) is 0 Å². The lowest BCUT2D eigenvalue weighted by Crippen LogP contribution is -2.12. The minimum atomic E-state index is -0.531. The molecule has 1 heterocycles. The molecule has 0 saturated heterocycles. The summed E-state index contributed by atoms with van der Waals surface area (Å²) in [7, 11) is 0. The van der Waals surface area contributed by atoms with Gasteiger partial charge in [-0.25, -0.2) is 4.39 Å². The van der Waals surface area contributed by atoms with Crippen LogP contribution >= 0.6 is 11.6 Å². The number of rotatable bonds is 2. The van der Waals surface area contributed by atoms with Gasteiger partial charge < -0.3 is 5.32 Å². The second-order valence-electron chi connectivity index (χ2n) is 3.31. The highest BCUT2D eigenvalue weighted by molar-refractivity contribution is 6.31. The molecule has 3 nitrogen and oxygen atoms in total. The number of anilines is 1. The second-order valence-corrected chi connectivity index (χ2v) is 3.75. The molecule has 1 amide bonds. The Labute approximate surface area is 102 Å². The quantitative estimate of drug-likeness (QED) is 0.890. The predicted octanol–water partition coefficient (Wildman–Crippen LogP) is 3.13. The first-order valence-corrected chi connectivity index (χ1v) is 5.21. The molecular weight excluding hydrogens is 243 g/mol.